The van der Waals surface area contributed by atoms with Crippen LogP contribution in [0.4, 0.5) is 0 Å². The Bertz CT molecular complexity index is 915. The number of imide groups is 1. The maximum Gasteiger partial charge on any atom is 0.334 e. The Labute approximate surface area is 174 Å². The minimum Gasteiger partial charge on any atom is -0.464 e. The van der Waals surface area contributed by atoms with E-state index in [-0.39, 0.29) is 37.8 Å². The number of hydrogen-bond donors (Lipinski definition) is 0. The maximum absolute atomic E-state index is 13.0. The molecule has 2 aromatic rings. The normalized spacial score (nSPS) is 14.3. The van der Waals surface area contributed by atoms with Crippen LogP contribution in [0.3, 0.4) is 0 Å². The van der Waals surface area contributed by atoms with E-state index in [4.69, 9.17) is 51.1 Å². The van der Waals surface area contributed by atoms with Crippen molar-refractivity contribution in [3.63, 3.8) is 0 Å². The van der Waals surface area contributed by atoms with Crippen LogP contribution < -0.4 is 0 Å². The summed E-state index contributed by atoms with van der Waals surface area (Å²) < 4.78 is 5.07. The minimum atomic E-state index is -1.30. The van der Waals surface area contributed by atoms with Crippen LogP contribution in [-0.2, 0) is 9.53 Å². The Morgan fingerprint density at radius 1 is 0.926 bits per heavy atom. The van der Waals surface area contributed by atoms with E-state index in [1.54, 1.807) is 37.3 Å². The fourth-order valence-corrected chi connectivity index (χ4v) is 3.86. The van der Waals surface area contributed by atoms with E-state index in [0.29, 0.717) is 5.56 Å². The van der Waals surface area contributed by atoms with Gasteiger partial charge in [0.05, 0.1) is 37.8 Å². The van der Waals surface area contributed by atoms with Crippen LogP contribution in [0, 0.1) is 0 Å². The SMILES string of the molecule is CCOC(=O)C(c1ccccc1)N1C(=O)c2c(Cl)c(Cl)c(Cl)c(Cl)c2C1=O. The third-order valence-electron chi connectivity index (χ3n) is 4.02. The van der Waals surface area contributed by atoms with Crippen molar-refractivity contribution in [3.8, 4) is 0 Å². The second-order valence-corrected chi connectivity index (χ2v) is 7.06. The molecule has 0 spiro atoms. The molecule has 1 aliphatic rings. The van der Waals surface area contributed by atoms with Gasteiger partial charge in [-0.1, -0.05) is 76.7 Å². The topological polar surface area (TPSA) is 63.7 Å². The molecular formula is C18H11Cl4NO4. The summed E-state index contributed by atoms with van der Waals surface area (Å²) in [6.07, 6.45) is 0. The quantitative estimate of drug-likeness (QED) is 0.280. The zero-order valence-electron chi connectivity index (χ0n) is 13.8. The van der Waals surface area contributed by atoms with Crippen molar-refractivity contribution in [2.24, 2.45) is 0 Å². The molecule has 0 aromatic heterocycles. The molecule has 0 N–H and O–H groups in total. The molecule has 0 saturated carbocycles. The van der Waals surface area contributed by atoms with Crippen molar-refractivity contribution in [1.29, 1.82) is 0 Å². The first kappa shape index (κ1) is 20.0. The molecule has 1 atom stereocenters. The lowest BCUT2D eigenvalue weighted by atomic mass is 10.1. The Balaban J connectivity index is 2.20. The zero-order chi connectivity index (χ0) is 19.9. The van der Waals surface area contributed by atoms with Crippen molar-refractivity contribution < 1.29 is 19.1 Å². The highest BCUT2D eigenvalue weighted by Crippen LogP contribution is 2.46. The molecule has 0 fully saturated rings. The fourth-order valence-electron chi connectivity index (χ4n) is 2.85. The van der Waals surface area contributed by atoms with Gasteiger partial charge >= 0.3 is 5.97 Å². The van der Waals surface area contributed by atoms with Crippen molar-refractivity contribution >= 4 is 64.2 Å². The van der Waals surface area contributed by atoms with Gasteiger partial charge in [-0.3, -0.25) is 14.5 Å². The molecular weight excluding hydrogens is 436 g/mol. The molecule has 1 unspecified atom stereocenters. The molecule has 9 heteroatoms. The molecule has 27 heavy (non-hydrogen) atoms. The summed E-state index contributed by atoms with van der Waals surface area (Å²) in [5.41, 5.74) is 0.0208. The second kappa shape index (κ2) is 7.68. The molecule has 2 amide bonds. The molecule has 2 aromatic carbocycles. The van der Waals surface area contributed by atoms with Crippen LogP contribution in [0.1, 0.15) is 39.2 Å². The average molecular weight is 447 g/mol. The van der Waals surface area contributed by atoms with Gasteiger partial charge in [0.1, 0.15) is 0 Å². The van der Waals surface area contributed by atoms with Crippen molar-refractivity contribution in [1.82, 2.24) is 4.90 Å². The highest BCUT2D eigenvalue weighted by Gasteiger charge is 2.47. The first-order chi connectivity index (χ1) is 12.8. The number of fused-ring (bicyclic) bond motifs is 1. The summed E-state index contributed by atoms with van der Waals surface area (Å²) >= 11 is 24.3. The number of hydrogen-bond acceptors (Lipinski definition) is 4. The Morgan fingerprint density at radius 2 is 1.41 bits per heavy atom. The van der Waals surface area contributed by atoms with Crippen molar-refractivity contribution in [2.75, 3.05) is 6.61 Å². The highest BCUT2D eigenvalue weighted by atomic mass is 35.5. The molecule has 1 heterocycles. The second-order valence-electron chi connectivity index (χ2n) is 5.55. The van der Waals surface area contributed by atoms with Crippen LogP contribution in [0.2, 0.25) is 20.1 Å². The molecule has 0 bridgehead atoms. The molecule has 1 aliphatic heterocycles. The monoisotopic (exact) mass is 445 g/mol. The summed E-state index contributed by atoms with van der Waals surface area (Å²) in [4.78, 5) is 39.4. The van der Waals surface area contributed by atoms with E-state index >= 15 is 0 Å². The van der Waals surface area contributed by atoms with Gasteiger partial charge in [-0.2, -0.15) is 0 Å². The third kappa shape index (κ3) is 3.19. The summed E-state index contributed by atoms with van der Waals surface area (Å²) in [7, 11) is 0. The highest BCUT2D eigenvalue weighted by molar-refractivity contribution is 6.55. The number of halogens is 4. The predicted molar refractivity (Wildman–Crippen MR) is 103 cm³/mol. The van der Waals surface area contributed by atoms with E-state index in [1.165, 1.54) is 0 Å². The van der Waals surface area contributed by atoms with Crippen molar-refractivity contribution in [3.05, 3.63) is 67.1 Å². The Hall–Kier alpha value is -1.79. The van der Waals surface area contributed by atoms with Gasteiger partial charge < -0.3 is 4.74 Å². The average Bonchev–Trinajstić information content (AvgIpc) is 2.91. The first-order valence-electron chi connectivity index (χ1n) is 7.76. The number of nitrogens with zero attached hydrogens (tertiary/aromatic N) is 1. The Kier molecular flexibility index (Phi) is 5.68. The number of ether oxygens (including phenoxy) is 1. The summed E-state index contributed by atoms with van der Waals surface area (Å²) in [6.45, 7) is 1.69. The predicted octanol–water partition coefficient (Wildman–Crippen LogP) is 5.20. The zero-order valence-corrected chi connectivity index (χ0v) is 16.8. The summed E-state index contributed by atoms with van der Waals surface area (Å²) in [5, 5.41) is -0.676. The van der Waals surface area contributed by atoms with Crippen LogP contribution in [0.15, 0.2) is 30.3 Å². The van der Waals surface area contributed by atoms with Gasteiger partial charge in [0.15, 0.2) is 6.04 Å². The van der Waals surface area contributed by atoms with E-state index in [2.05, 4.69) is 0 Å². The fraction of sp³-hybridized carbons (Fsp3) is 0.167. The van der Waals surface area contributed by atoms with Crippen molar-refractivity contribution in [2.45, 2.75) is 13.0 Å². The van der Waals surface area contributed by atoms with Crippen LogP contribution in [0.25, 0.3) is 0 Å². The minimum absolute atomic E-state index is 0.0739. The molecule has 0 radical (unpaired) electrons. The lowest BCUT2D eigenvalue weighted by molar-refractivity contribution is -0.148. The van der Waals surface area contributed by atoms with Gasteiger partial charge in [-0.05, 0) is 12.5 Å². The molecule has 140 valence electrons. The summed E-state index contributed by atoms with van der Waals surface area (Å²) in [6, 6.07) is 6.99. The van der Waals surface area contributed by atoms with Crippen LogP contribution >= 0.6 is 46.4 Å². The van der Waals surface area contributed by atoms with Gasteiger partial charge in [0, 0.05) is 0 Å². The molecule has 0 saturated heterocycles. The molecule has 3 rings (SSSR count). The standard InChI is InChI=1S/C18H11Cl4NO4/c1-2-27-18(26)15(8-6-4-3-5-7-8)23-16(24)9-10(17(23)25)12(20)14(22)13(21)11(9)19/h3-7,15H,2H2,1H3. The van der Waals surface area contributed by atoms with Gasteiger partial charge in [0.2, 0.25) is 0 Å². The van der Waals surface area contributed by atoms with E-state index in [1.807, 2.05) is 0 Å². The number of amides is 2. The largest absolute Gasteiger partial charge is 0.464 e. The molecule has 0 aliphatic carbocycles. The maximum atomic E-state index is 13.0. The van der Waals surface area contributed by atoms with Gasteiger partial charge in [0.25, 0.3) is 11.8 Å². The lowest BCUT2D eigenvalue weighted by Crippen LogP contribution is -2.39. The van der Waals surface area contributed by atoms with Crippen LogP contribution in [-0.4, -0.2) is 29.3 Å². The lowest BCUT2D eigenvalue weighted by Gasteiger charge is -2.24. The summed E-state index contributed by atoms with van der Waals surface area (Å²) in [5.74, 6) is -2.37. The number of rotatable bonds is 4. The number of esters is 1. The van der Waals surface area contributed by atoms with Gasteiger partial charge in [-0.25, -0.2) is 4.79 Å². The number of benzene rings is 2. The smallest absolute Gasteiger partial charge is 0.334 e. The number of carbonyl (C=O) groups is 3. The Morgan fingerprint density at radius 3 is 1.85 bits per heavy atom. The van der Waals surface area contributed by atoms with E-state index in [9.17, 15) is 14.4 Å². The van der Waals surface area contributed by atoms with E-state index in [0.717, 1.165) is 4.90 Å². The third-order valence-corrected chi connectivity index (χ3v) is 5.82. The van der Waals surface area contributed by atoms with Crippen LogP contribution in [0.5, 0.6) is 0 Å². The van der Waals surface area contributed by atoms with Gasteiger partial charge in [-0.15, -0.1) is 0 Å². The van der Waals surface area contributed by atoms with E-state index < -0.39 is 23.8 Å². The molecule has 5 nitrogen and oxygen atoms in total. The number of carbonyl (C=O) groups excluding carboxylic acids is 3. The first-order valence-corrected chi connectivity index (χ1v) is 9.27.